The molecule has 1 aromatic carbocycles. The maximum Gasteiger partial charge on any atom is 0.227 e. The summed E-state index contributed by atoms with van der Waals surface area (Å²) in [6.07, 6.45) is 4.79. The van der Waals surface area contributed by atoms with Crippen LogP contribution in [0.4, 0.5) is 10.1 Å². The Morgan fingerprint density at radius 2 is 2.00 bits per heavy atom. The summed E-state index contributed by atoms with van der Waals surface area (Å²) < 4.78 is 15.0. The molecule has 0 saturated carbocycles. The van der Waals surface area contributed by atoms with E-state index in [1.54, 1.807) is 14.0 Å². The van der Waals surface area contributed by atoms with Crippen LogP contribution in [0.15, 0.2) is 18.3 Å². The van der Waals surface area contributed by atoms with Crippen LogP contribution in [-0.4, -0.2) is 47.0 Å². The van der Waals surface area contributed by atoms with Crippen LogP contribution >= 0.6 is 0 Å². The minimum atomic E-state index is -0.364. The van der Waals surface area contributed by atoms with Crippen molar-refractivity contribution in [3.63, 3.8) is 0 Å². The average molecular weight is 398 g/mol. The van der Waals surface area contributed by atoms with Crippen LogP contribution in [0.2, 0.25) is 0 Å². The summed E-state index contributed by atoms with van der Waals surface area (Å²) in [6.45, 7) is 5.31. The topological polar surface area (TPSA) is 69.3 Å². The standard InChI is InChI=1S/C22H27FN4O2/c1-13(15-6-8-27(9-7-15)14(2)28)18-12-24-25-22(18)17-10-16-4-5-21(29)26(3)20(16)11-19(17)23/h10-13,15H,4-9H2,1-3H3,(H,24,25). The molecule has 0 aliphatic carbocycles. The average Bonchev–Trinajstić information content (AvgIpc) is 3.20. The van der Waals surface area contributed by atoms with E-state index in [4.69, 9.17) is 0 Å². The van der Waals surface area contributed by atoms with Gasteiger partial charge in [-0.2, -0.15) is 5.10 Å². The van der Waals surface area contributed by atoms with E-state index in [1.165, 1.54) is 11.0 Å². The lowest BCUT2D eigenvalue weighted by molar-refractivity contribution is -0.130. The first-order valence-corrected chi connectivity index (χ1v) is 10.2. The number of carbonyl (C=O) groups excluding carboxylic acids is 2. The van der Waals surface area contributed by atoms with Gasteiger partial charge in [-0.3, -0.25) is 14.7 Å². The second-order valence-electron chi connectivity index (χ2n) is 8.23. The lowest BCUT2D eigenvalue weighted by atomic mass is 9.80. The zero-order valence-electron chi connectivity index (χ0n) is 17.2. The Balaban J connectivity index is 1.62. The zero-order chi connectivity index (χ0) is 20.7. The van der Waals surface area contributed by atoms with Gasteiger partial charge in [0.15, 0.2) is 0 Å². The number of piperidine rings is 1. The number of nitrogens with zero attached hydrogens (tertiary/aromatic N) is 3. The summed E-state index contributed by atoms with van der Waals surface area (Å²) >= 11 is 0. The first kappa shape index (κ1) is 19.6. The van der Waals surface area contributed by atoms with Crippen molar-refractivity contribution in [2.24, 2.45) is 5.92 Å². The molecule has 1 fully saturated rings. The SMILES string of the molecule is CC(=O)N1CCC(C(C)c2c[nH]nc2-c2cc3c(cc2F)N(C)C(=O)CC3)CC1. The Bertz CT molecular complexity index is 946. The van der Waals surface area contributed by atoms with Crippen molar-refractivity contribution in [2.75, 3.05) is 25.0 Å². The molecule has 0 spiro atoms. The fourth-order valence-corrected chi connectivity index (χ4v) is 4.68. The quantitative estimate of drug-likeness (QED) is 0.861. The van der Waals surface area contributed by atoms with Crippen molar-refractivity contribution in [3.05, 3.63) is 35.3 Å². The number of anilines is 1. The second-order valence-corrected chi connectivity index (χ2v) is 8.23. The summed E-state index contributed by atoms with van der Waals surface area (Å²) in [6, 6.07) is 3.30. The Hall–Kier alpha value is -2.70. The fraction of sp³-hybridized carbons (Fsp3) is 0.500. The number of aromatic amines is 1. The van der Waals surface area contributed by atoms with Gasteiger partial charge in [0.2, 0.25) is 11.8 Å². The number of hydrogen-bond donors (Lipinski definition) is 1. The highest BCUT2D eigenvalue weighted by Crippen LogP contribution is 2.39. The molecular weight excluding hydrogens is 371 g/mol. The fourth-order valence-electron chi connectivity index (χ4n) is 4.68. The molecule has 0 bridgehead atoms. The van der Waals surface area contributed by atoms with Gasteiger partial charge in [-0.05, 0) is 48.8 Å². The summed E-state index contributed by atoms with van der Waals surface area (Å²) in [5.74, 6) is 0.400. The van der Waals surface area contributed by atoms with E-state index in [0.717, 1.165) is 37.1 Å². The van der Waals surface area contributed by atoms with Gasteiger partial charge in [0.05, 0.1) is 5.69 Å². The highest BCUT2D eigenvalue weighted by molar-refractivity contribution is 5.96. The first-order chi connectivity index (χ1) is 13.9. The number of halogens is 1. The van der Waals surface area contributed by atoms with Crippen molar-refractivity contribution in [1.82, 2.24) is 15.1 Å². The maximum absolute atomic E-state index is 15.0. The van der Waals surface area contributed by atoms with Crippen LogP contribution in [0.1, 0.15) is 50.2 Å². The summed E-state index contributed by atoms with van der Waals surface area (Å²) in [4.78, 5) is 26.9. The van der Waals surface area contributed by atoms with Gasteiger partial charge in [-0.15, -0.1) is 0 Å². The van der Waals surface area contributed by atoms with Gasteiger partial charge in [-0.1, -0.05) is 6.92 Å². The van der Waals surface area contributed by atoms with Crippen molar-refractivity contribution in [1.29, 1.82) is 0 Å². The Labute approximate surface area is 170 Å². The number of H-pyrrole nitrogens is 1. The molecule has 2 amide bonds. The molecule has 6 nitrogen and oxygen atoms in total. The Kier molecular flexibility index (Phi) is 5.15. The van der Waals surface area contributed by atoms with E-state index in [1.807, 2.05) is 17.2 Å². The van der Waals surface area contributed by atoms with E-state index in [2.05, 4.69) is 17.1 Å². The third-order valence-electron chi connectivity index (χ3n) is 6.62. The zero-order valence-corrected chi connectivity index (χ0v) is 17.2. The molecule has 29 heavy (non-hydrogen) atoms. The van der Waals surface area contributed by atoms with Crippen LogP contribution in [0, 0.1) is 11.7 Å². The van der Waals surface area contributed by atoms with Crippen LogP contribution < -0.4 is 4.90 Å². The molecule has 154 valence electrons. The van der Waals surface area contributed by atoms with Crippen LogP contribution in [-0.2, 0) is 16.0 Å². The van der Waals surface area contributed by atoms with Gasteiger partial charge in [0.25, 0.3) is 0 Å². The summed E-state index contributed by atoms with van der Waals surface area (Å²) in [7, 11) is 1.69. The first-order valence-electron chi connectivity index (χ1n) is 10.2. The second kappa shape index (κ2) is 7.61. The molecule has 1 unspecified atom stereocenters. The van der Waals surface area contributed by atoms with Gasteiger partial charge >= 0.3 is 0 Å². The van der Waals surface area contributed by atoms with Crippen LogP contribution in [0.5, 0.6) is 0 Å². The highest BCUT2D eigenvalue weighted by atomic mass is 19.1. The number of amides is 2. The van der Waals surface area contributed by atoms with Gasteiger partial charge < -0.3 is 9.80 Å². The molecule has 2 aliphatic heterocycles. The van der Waals surface area contributed by atoms with Crippen molar-refractivity contribution >= 4 is 17.5 Å². The molecular formula is C22H27FN4O2. The summed E-state index contributed by atoms with van der Waals surface area (Å²) in [5, 5.41) is 7.30. The molecule has 2 aromatic rings. The predicted octanol–water partition coefficient (Wildman–Crippen LogP) is 3.49. The van der Waals surface area contributed by atoms with Crippen LogP contribution in [0.3, 0.4) is 0 Å². The van der Waals surface area contributed by atoms with Crippen LogP contribution in [0.25, 0.3) is 11.3 Å². The van der Waals surface area contributed by atoms with Crippen molar-refractivity contribution in [3.8, 4) is 11.3 Å². The van der Waals surface area contributed by atoms with E-state index in [0.29, 0.717) is 35.7 Å². The molecule has 1 atom stereocenters. The molecule has 4 rings (SSSR count). The lowest BCUT2D eigenvalue weighted by Crippen LogP contribution is -2.38. The molecule has 2 aliphatic rings. The molecule has 1 N–H and O–H groups in total. The molecule has 1 saturated heterocycles. The number of aromatic nitrogens is 2. The Morgan fingerprint density at radius 1 is 1.28 bits per heavy atom. The normalized spacial score (nSPS) is 18.7. The number of nitrogens with one attached hydrogen (secondary N) is 1. The number of rotatable bonds is 3. The number of fused-ring (bicyclic) bond motifs is 1. The number of aryl methyl sites for hydroxylation is 1. The third kappa shape index (κ3) is 3.54. The largest absolute Gasteiger partial charge is 0.343 e. The number of carbonyl (C=O) groups is 2. The molecule has 3 heterocycles. The molecule has 7 heteroatoms. The number of hydrogen-bond acceptors (Lipinski definition) is 3. The molecule has 0 radical (unpaired) electrons. The number of likely N-dealkylation sites (tertiary alicyclic amines) is 1. The highest BCUT2D eigenvalue weighted by Gasteiger charge is 2.30. The van der Waals surface area contributed by atoms with E-state index >= 15 is 4.39 Å². The number of benzene rings is 1. The predicted molar refractivity (Wildman–Crippen MR) is 109 cm³/mol. The minimum absolute atomic E-state index is 0.00985. The maximum atomic E-state index is 15.0. The van der Waals surface area contributed by atoms with Gasteiger partial charge in [-0.25, -0.2) is 4.39 Å². The third-order valence-corrected chi connectivity index (χ3v) is 6.62. The van der Waals surface area contributed by atoms with E-state index < -0.39 is 0 Å². The lowest BCUT2D eigenvalue weighted by Gasteiger charge is -2.34. The van der Waals surface area contributed by atoms with E-state index in [-0.39, 0.29) is 23.5 Å². The van der Waals surface area contributed by atoms with Gasteiger partial charge in [0.1, 0.15) is 5.82 Å². The summed E-state index contributed by atoms with van der Waals surface area (Å²) in [5.41, 5.74) is 3.75. The van der Waals surface area contributed by atoms with Crippen molar-refractivity contribution in [2.45, 2.75) is 45.4 Å². The van der Waals surface area contributed by atoms with Gasteiger partial charge in [0, 0.05) is 56.5 Å². The van der Waals surface area contributed by atoms with Crippen molar-refractivity contribution < 1.29 is 14.0 Å². The smallest absolute Gasteiger partial charge is 0.227 e. The monoisotopic (exact) mass is 398 g/mol. The van der Waals surface area contributed by atoms with E-state index in [9.17, 15) is 9.59 Å². The Morgan fingerprint density at radius 3 is 2.69 bits per heavy atom. The minimum Gasteiger partial charge on any atom is -0.343 e. The molecule has 1 aromatic heterocycles.